The molecule has 2 aliphatic rings. The number of fused-ring (bicyclic) bond motifs is 3. The van der Waals surface area contributed by atoms with Crippen LogP contribution in [-0.2, 0) is 6.61 Å². The lowest BCUT2D eigenvalue weighted by molar-refractivity contribution is -0.0190. The van der Waals surface area contributed by atoms with Gasteiger partial charge in [0.25, 0.3) is 0 Å². The standard InChI is InChI=1S/C31H28N2O3/c1-2-34-25-16-12-23(13-17-25)28-20-29-27-10-6-7-11-30(27)36-31(33(29)32-28)24-14-18-26(19-15-24)35-21-22-8-4-3-5-9-22/h3-19,29,31H,2,20-21H2,1H3/t29-,31+/m1/s1. The SMILES string of the molecule is CCOc1ccc(C2=NN3[C@H](C2)c2ccccc2O[C@H]3c2ccc(OCc3ccccc3)cc2)cc1. The Labute approximate surface area is 211 Å². The second-order valence-corrected chi connectivity index (χ2v) is 8.96. The molecule has 36 heavy (non-hydrogen) atoms. The fraction of sp³-hybridized carbons (Fsp3) is 0.194. The van der Waals surface area contributed by atoms with Gasteiger partial charge in [-0.15, -0.1) is 0 Å². The van der Waals surface area contributed by atoms with Crippen LogP contribution in [0.1, 0.15) is 47.9 Å². The number of hydrazone groups is 1. The van der Waals surface area contributed by atoms with Crippen molar-refractivity contribution in [3.8, 4) is 17.2 Å². The minimum absolute atomic E-state index is 0.121. The normalized spacial score (nSPS) is 18.0. The first kappa shape index (κ1) is 22.2. The van der Waals surface area contributed by atoms with Crippen molar-refractivity contribution in [3.05, 3.63) is 125 Å². The van der Waals surface area contributed by atoms with E-state index >= 15 is 0 Å². The molecule has 4 aromatic carbocycles. The zero-order valence-electron chi connectivity index (χ0n) is 20.2. The molecule has 5 nitrogen and oxygen atoms in total. The van der Waals surface area contributed by atoms with Crippen molar-refractivity contribution in [1.29, 1.82) is 0 Å². The van der Waals surface area contributed by atoms with Gasteiger partial charge in [0, 0.05) is 17.5 Å². The van der Waals surface area contributed by atoms with E-state index in [1.54, 1.807) is 0 Å². The summed E-state index contributed by atoms with van der Waals surface area (Å²) in [7, 11) is 0. The second-order valence-electron chi connectivity index (χ2n) is 8.96. The monoisotopic (exact) mass is 476 g/mol. The largest absolute Gasteiger partial charge is 0.494 e. The quantitative estimate of drug-likeness (QED) is 0.291. The van der Waals surface area contributed by atoms with Crippen LogP contribution < -0.4 is 14.2 Å². The highest BCUT2D eigenvalue weighted by atomic mass is 16.5. The molecule has 0 fully saturated rings. The van der Waals surface area contributed by atoms with Crippen molar-refractivity contribution in [3.63, 3.8) is 0 Å². The molecule has 0 unspecified atom stereocenters. The van der Waals surface area contributed by atoms with E-state index in [4.69, 9.17) is 19.3 Å². The lowest BCUT2D eigenvalue weighted by Gasteiger charge is -2.38. The summed E-state index contributed by atoms with van der Waals surface area (Å²) in [5.41, 5.74) is 5.51. The molecular weight excluding hydrogens is 448 g/mol. The van der Waals surface area contributed by atoms with Crippen LogP contribution in [0.25, 0.3) is 0 Å². The molecule has 0 aliphatic carbocycles. The van der Waals surface area contributed by atoms with Crippen LogP contribution in [0, 0.1) is 0 Å². The van der Waals surface area contributed by atoms with Gasteiger partial charge in [0.05, 0.1) is 18.4 Å². The van der Waals surface area contributed by atoms with E-state index in [1.807, 2.05) is 61.5 Å². The van der Waals surface area contributed by atoms with Crippen LogP contribution in [0.3, 0.4) is 0 Å². The minimum Gasteiger partial charge on any atom is -0.494 e. The number of hydrogen-bond donors (Lipinski definition) is 0. The Bertz CT molecular complexity index is 1350. The first-order chi connectivity index (χ1) is 17.8. The predicted octanol–water partition coefficient (Wildman–Crippen LogP) is 6.91. The van der Waals surface area contributed by atoms with Crippen LogP contribution in [0.2, 0.25) is 0 Å². The van der Waals surface area contributed by atoms with Crippen LogP contribution in [-0.4, -0.2) is 17.3 Å². The molecule has 0 N–H and O–H groups in total. The lowest BCUT2D eigenvalue weighted by atomic mass is 9.96. The smallest absolute Gasteiger partial charge is 0.213 e. The van der Waals surface area contributed by atoms with Gasteiger partial charge in [-0.05, 0) is 72.6 Å². The summed E-state index contributed by atoms with van der Waals surface area (Å²) >= 11 is 0. The Hall–Kier alpha value is -4.25. The summed E-state index contributed by atoms with van der Waals surface area (Å²) in [6.45, 7) is 3.19. The molecule has 0 saturated heterocycles. The molecule has 4 aromatic rings. The molecule has 0 amide bonds. The zero-order valence-corrected chi connectivity index (χ0v) is 20.2. The zero-order chi connectivity index (χ0) is 24.3. The Morgan fingerprint density at radius 2 is 1.50 bits per heavy atom. The van der Waals surface area contributed by atoms with E-state index < -0.39 is 0 Å². The highest BCUT2D eigenvalue weighted by Crippen LogP contribution is 2.47. The predicted molar refractivity (Wildman–Crippen MR) is 140 cm³/mol. The van der Waals surface area contributed by atoms with Crippen LogP contribution in [0.5, 0.6) is 17.2 Å². The summed E-state index contributed by atoms with van der Waals surface area (Å²) in [6, 6.07) is 34.9. The molecule has 180 valence electrons. The molecule has 2 heterocycles. The van der Waals surface area contributed by atoms with Gasteiger partial charge in [0.1, 0.15) is 23.9 Å². The first-order valence-corrected chi connectivity index (χ1v) is 12.4. The van der Waals surface area contributed by atoms with E-state index in [-0.39, 0.29) is 12.3 Å². The minimum atomic E-state index is -0.312. The molecule has 2 aliphatic heterocycles. The molecule has 0 aromatic heterocycles. The maximum absolute atomic E-state index is 6.49. The molecule has 0 saturated carbocycles. The summed E-state index contributed by atoms with van der Waals surface area (Å²) in [4.78, 5) is 0. The lowest BCUT2D eigenvalue weighted by Crippen LogP contribution is -2.33. The van der Waals surface area contributed by atoms with E-state index in [1.165, 1.54) is 5.56 Å². The van der Waals surface area contributed by atoms with Gasteiger partial charge in [-0.2, -0.15) is 5.10 Å². The van der Waals surface area contributed by atoms with Gasteiger partial charge in [-0.25, -0.2) is 5.01 Å². The third-order valence-corrected chi connectivity index (χ3v) is 6.61. The van der Waals surface area contributed by atoms with Gasteiger partial charge in [0.15, 0.2) is 0 Å². The second kappa shape index (κ2) is 9.78. The Kier molecular flexibility index (Phi) is 6.04. The van der Waals surface area contributed by atoms with Crippen molar-refractivity contribution in [1.82, 2.24) is 5.01 Å². The Morgan fingerprint density at radius 3 is 2.28 bits per heavy atom. The van der Waals surface area contributed by atoms with Gasteiger partial charge >= 0.3 is 0 Å². The van der Waals surface area contributed by atoms with Gasteiger partial charge < -0.3 is 14.2 Å². The van der Waals surface area contributed by atoms with Crippen molar-refractivity contribution in [2.45, 2.75) is 32.2 Å². The van der Waals surface area contributed by atoms with Crippen molar-refractivity contribution in [2.24, 2.45) is 5.10 Å². The number of nitrogens with zero attached hydrogens (tertiary/aromatic N) is 2. The number of hydrogen-bond acceptors (Lipinski definition) is 5. The van der Waals surface area contributed by atoms with Crippen molar-refractivity contribution < 1.29 is 14.2 Å². The van der Waals surface area contributed by atoms with Crippen LogP contribution in [0.4, 0.5) is 0 Å². The van der Waals surface area contributed by atoms with Crippen LogP contribution in [0.15, 0.2) is 108 Å². The Balaban J connectivity index is 1.26. The van der Waals surface area contributed by atoms with Crippen molar-refractivity contribution >= 4 is 5.71 Å². The third kappa shape index (κ3) is 4.40. The fourth-order valence-corrected chi connectivity index (χ4v) is 4.81. The maximum atomic E-state index is 6.49. The Morgan fingerprint density at radius 1 is 0.806 bits per heavy atom. The number of para-hydroxylation sites is 1. The summed E-state index contributed by atoms with van der Waals surface area (Å²) in [6.07, 6.45) is 0.511. The molecule has 0 bridgehead atoms. The molecule has 6 rings (SSSR count). The molecule has 5 heteroatoms. The highest BCUT2D eigenvalue weighted by Gasteiger charge is 2.40. The number of rotatable bonds is 7. The molecular formula is C31H28N2O3. The van der Waals surface area contributed by atoms with Crippen LogP contribution >= 0.6 is 0 Å². The van der Waals surface area contributed by atoms with E-state index in [9.17, 15) is 0 Å². The number of ether oxygens (including phenoxy) is 3. The van der Waals surface area contributed by atoms with Gasteiger partial charge in [-0.3, -0.25) is 0 Å². The van der Waals surface area contributed by atoms with Gasteiger partial charge in [0.2, 0.25) is 6.23 Å². The highest BCUT2D eigenvalue weighted by molar-refractivity contribution is 6.02. The van der Waals surface area contributed by atoms with Gasteiger partial charge in [-0.1, -0.05) is 48.5 Å². The summed E-state index contributed by atoms with van der Waals surface area (Å²) < 4.78 is 18.1. The average Bonchev–Trinajstić information content (AvgIpc) is 3.39. The average molecular weight is 477 g/mol. The molecule has 0 spiro atoms. The maximum Gasteiger partial charge on any atom is 0.213 e. The molecule has 0 radical (unpaired) electrons. The van der Waals surface area contributed by atoms with Crippen molar-refractivity contribution in [2.75, 3.05) is 6.61 Å². The topological polar surface area (TPSA) is 43.3 Å². The first-order valence-electron chi connectivity index (χ1n) is 12.4. The van der Waals surface area contributed by atoms with E-state index in [0.717, 1.165) is 46.1 Å². The van der Waals surface area contributed by atoms with E-state index in [2.05, 4.69) is 53.5 Å². The van der Waals surface area contributed by atoms with E-state index in [0.29, 0.717) is 13.2 Å². The molecule has 2 atom stereocenters. The number of benzene rings is 4. The summed E-state index contributed by atoms with van der Waals surface area (Å²) in [5, 5.41) is 7.17. The fourth-order valence-electron chi connectivity index (χ4n) is 4.81. The third-order valence-electron chi connectivity index (χ3n) is 6.61. The summed E-state index contributed by atoms with van der Waals surface area (Å²) in [5.74, 6) is 2.62.